The second-order valence-electron chi connectivity index (χ2n) is 10.2. The van der Waals surface area contributed by atoms with E-state index in [1.165, 1.54) is 10.8 Å². The Hall–Kier alpha value is -5.32. The number of halogens is 1. The van der Waals surface area contributed by atoms with Crippen LogP contribution < -0.4 is 0 Å². The van der Waals surface area contributed by atoms with E-state index in [4.69, 9.17) is 31.0 Å². The van der Waals surface area contributed by atoms with Crippen molar-refractivity contribution >= 4 is 44.3 Å². The van der Waals surface area contributed by atoms with Crippen LogP contribution in [0, 0.1) is 0 Å². The Morgan fingerprint density at radius 1 is 0.429 bits per heavy atom. The third-order valence-corrected chi connectivity index (χ3v) is 7.80. The van der Waals surface area contributed by atoms with Gasteiger partial charge in [-0.05, 0) is 58.3 Å². The molecule has 5 heteroatoms. The van der Waals surface area contributed by atoms with Gasteiger partial charge in [0.25, 0.3) is 0 Å². The Kier molecular flexibility index (Phi) is 5.80. The maximum absolute atomic E-state index is 6.34. The molecule has 0 aliphatic carbocycles. The summed E-state index contributed by atoms with van der Waals surface area (Å²) in [7, 11) is 0. The van der Waals surface area contributed by atoms with E-state index in [2.05, 4.69) is 54.6 Å². The molecule has 42 heavy (non-hydrogen) atoms. The number of benzene rings is 6. The second-order valence-corrected chi connectivity index (χ2v) is 10.7. The molecule has 0 unspecified atom stereocenters. The molecule has 2 heterocycles. The van der Waals surface area contributed by atoms with E-state index >= 15 is 0 Å². The summed E-state index contributed by atoms with van der Waals surface area (Å²) < 4.78 is 6.34. The van der Waals surface area contributed by atoms with Crippen molar-refractivity contribution in [2.24, 2.45) is 0 Å². The first-order valence-corrected chi connectivity index (χ1v) is 14.1. The Bertz CT molecular complexity index is 2270. The standard InChI is InChI=1S/C37H22ClN3O/c38-29-14-7-12-26(21-29)25-11-6-13-27(20-25)36-39-35(24-9-2-1-3-10-24)40-37(41-36)28-16-18-31-33(22-28)42-32-19-17-23-8-4-5-15-30(23)34(31)32/h1-22H. The van der Waals surface area contributed by atoms with Gasteiger partial charge in [0.2, 0.25) is 0 Å². The van der Waals surface area contributed by atoms with Crippen LogP contribution in [0.2, 0.25) is 5.02 Å². The lowest BCUT2D eigenvalue weighted by Gasteiger charge is -2.10. The molecular weight excluding hydrogens is 538 g/mol. The van der Waals surface area contributed by atoms with E-state index in [0.29, 0.717) is 22.5 Å². The fourth-order valence-corrected chi connectivity index (χ4v) is 5.73. The van der Waals surface area contributed by atoms with Gasteiger partial charge in [-0.15, -0.1) is 0 Å². The monoisotopic (exact) mass is 559 g/mol. The van der Waals surface area contributed by atoms with Gasteiger partial charge in [0.15, 0.2) is 17.5 Å². The van der Waals surface area contributed by atoms with Gasteiger partial charge >= 0.3 is 0 Å². The molecule has 0 aliphatic heterocycles. The number of furan rings is 1. The highest BCUT2D eigenvalue weighted by atomic mass is 35.5. The summed E-state index contributed by atoms with van der Waals surface area (Å²) in [6.07, 6.45) is 0. The molecular formula is C37H22ClN3O. The molecule has 0 bridgehead atoms. The quantitative estimate of drug-likeness (QED) is 0.215. The Balaban J connectivity index is 1.30. The fourth-order valence-electron chi connectivity index (χ4n) is 5.54. The van der Waals surface area contributed by atoms with Crippen molar-refractivity contribution in [3.63, 3.8) is 0 Å². The topological polar surface area (TPSA) is 51.8 Å². The molecule has 8 aromatic rings. The number of nitrogens with zero attached hydrogens (tertiary/aromatic N) is 3. The molecule has 0 N–H and O–H groups in total. The van der Waals surface area contributed by atoms with E-state index in [1.54, 1.807) is 0 Å². The largest absolute Gasteiger partial charge is 0.456 e. The van der Waals surface area contributed by atoms with Crippen molar-refractivity contribution in [1.29, 1.82) is 0 Å². The van der Waals surface area contributed by atoms with E-state index < -0.39 is 0 Å². The summed E-state index contributed by atoms with van der Waals surface area (Å²) in [6, 6.07) is 44.7. The van der Waals surface area contributed by atoms with Crippen LogP contribution in [-0.2, 0) is 0 Å². The number of hydrogen-bond donors (Lipinski definition) is 0. The molecule has 8 rings (SSSR count). The van der Waals surface area contributed by atoms with Crippen LogP contribution in [0.5, 0.6) is 0 Å². The minimum Gasteiger partial charge on any atom is -0.456 e. The zero-order chi connectivity index (χ0) is 28.0. The van der Waals surface area contributed by atoms with Gasteiger partial charge in [-0.25, -0.2) is 15.0 Å². The molecule has 0 atom stereocenters. The van der Waals surface area contributed by atoms with Crippen molar-refractivity contribution in [3.8, 4) is 45.3 Å². The highest BCUT2D eigenvalue weighted by molar-refractivity contribution is 6.30. The summed E-state index contributed by atoms with van der Waals surface area (Å²) >= 11 is 6.28. The van der Waals surface area contributed by atoms with Gasteiger partial charge < -0.3 is 4.42 Å². The maximum Gasteiger partial charge on any atom is 0.164 e. The predicted molar refractivity (Wildman–Crippen MR) is 171 cm³/mol. The second kappa shape index (κ2) is 9.95. The van der Waals surface area contributed by atoms with Crippen molar-refractivity contribution in [2.75, 3.05) is 0 Å². The lowest BCUT2D eigenvalue weighted by atomic mass is 10.0. The Morgan fingerprint density at radius 2 is 1.07 bits per heavy atom. The normalized spacial score (nSPS) is 11.5. The number of hydrogen-bond acceptors (Lipinski definition) is 4. The van der Waals surface area contributed by atoms with Crippen molar-refractivity contribution in [1.82, 2.24) is 15.0 Å². The lowest BCUT2D eigenvalue weighted by Crippen LogP contribution is -2.00. The Morgan fingerprint density at radius 3 is 1.88 bits per heavy atom. The van der Waals surface area contributed by atoms with Gasteiger partial charge in [0.05, 0.1) is 0 Å². The molecule has 0 saturated heterocycles. The smallest absolute Gasteiger partial charge is 0.164 e. The van der Waals surface area contributed by atoms with Gasteiger partial charge in [-0.2, -0.15) is 0 Å². The Labute approximate surface area is 246 Å². The van der Waals surface area contributed by atoms with Crippen molar-refractivity contribution in [2.45, 2.75) is 0 Å². The molecule has 6 aromatic carbocycles. The number of aromatic nitrogens is 3. The zero-order valence-corrected chi connectivity index (χ0v) is 23.1. The first-order chi connectivity index (χ1) is 20.7. The van der Waals surface area contributed by atoms with Gasteiger partial charge in [-0.1, -0.05) is 109 Å². The van der Waals surface area contributed by atoms with Crippen molar-refractivity contribution in [3.05, 3.63) is 138 Å². The first-order valence-electron chi connectivity index (χ1n) is 13.7. The van der Waals surface area contributed by atoms with Crippen LogP contribution in [0.3, 0.4) is 0 Å². The molecule has 198 valence electrons. The first kappa shape index (κ1) is 24.5. The average Bonchev–Trinajstić information content (AvgIpc) is 3.43. The molecule has 0 aliphatic rings. The number of fused-ring (bicyclic) bond motifs is 5. The molecule has 2 aromatic heterocycles. The lowest BCUT2D eigenvalue weighted by molar-refractivity contribution is 0.669. The third-order valence-electron chi connectivity index (χ3n) is 7.57. The third kappa shape index (κ3) is 4.30. The van der Waals surface area contributed by atoms with Crippen LogP contribution in [0.15, 0.2) is 138 Å². The van der Waals surface area contributed by atoms with E-state index in [0.717, 1.165) is 49.8 Å². The van der Waals surface area contributed by atoms with E-state index in [-0.39, 0.29) is 0 Å². The summed E-state index contributed by atoms with van der Waals surface area (Å²) in [4.78, 5) is 14.8. The minimum absolute atomic E-state index is 0.583. The minimum atomic E-state index is 0.583. The van der Waals surface area contributed by atoms with Gasteiger partial charge in [-0.3, -0.25) is 0 Å². The highest BCUT2D eigenvalue weighted by Gasteiger charge is 2.16. The maximum atomic E-state index is 6.34. The zero-order valence-electron chi connectivity index (χ0n) is 22.3. The summed E-state index contributed by atoms with van der Waals surface area (Å²) in [5, 5.41) is 5.24. The average molecular weight is 560 g/mol. The summed E-state index contributed by atoms with van der Waals surface area (Å²) in [5.41, 5.74) is 6.40. The highest BCUT2D eigenvalue weighted by Crippen LogP contribution is 2.37. The molecule has 4 nitrogen and oxygen atoms in total. The van der Waals surface area contributed by atoms with Crippen LogP contribution in [0.25, 0.3) is 78.0 Å². The summed E-state index contributed by atoms with van der Waals surface area (Å²) in [5.74, 6) is 1.79. The summed E-state index contributed by atoms with van der Waals surface area (Å²) in [6.45, 7) is 0. The predicted octanol–water partition coefficient (Wildman–Crippen LogP) is 10.2. The van der Waals surface area contributed by atoms with Gasteiger partial charge in [0, 0.05) is 32.5 Å². The van der Waals surface area contributed by atoms with Crippen molar-refractivity contribution < 1.29 is 4.42 Å². The molecule has 0 spiro atoms. The molecule has 0 fully saturated rings. The van der Waals surface area contributed by atoms with Crippen LogP contribution >= 0.6 is 11.6 Å². The van der Waals surface area contributed by atoms with Crippen LogP contribution in [0.4, 0.5) is 0 Å². The fraction of sp³-hybridized carbons (Fsp3) is 0. The molecule has 0 amide bonds. The van der Waals surface area contributed by atoms with Crippen LogP contribution in [-0.4, -0.2) is 15.0 Å². The van der Waals surface area contributed by atoms with E-state index in [9.17, 15) is 0 Å². The SMILES string of the molecule is Clc1cccc(-c2cccc(-c3nc(-c4ccccc4)nc(-c4ccc5c(c4)oc4ccc6ccccc6c45)n3)c2)c1. The molecule has 0 saturated carbocycles. The number of rotatable bonds is 4. The van der Waals surface area contributed by atoms with E-state index in [1.807, 2.05) is 78.9 Å². The molecule has 0 radical (unpaired) electrons. The van der Waals surface area contributed by atoms with Crippen LogP contribution in [0.1, 0.15) is 0 Å². The van der Waals surface area contributed by atoms with Gasteiger partial charge in [0.1, 0.15) is 11.2 Å².